The maximum atomic E-state index is 12.5. The second-order valence-corrected chi connectivity index (χ2v) is 8.73. The van der Waals surface area contributed by atoms with Crippen molar-refractivity contribution in [1.82, 2.24) is 4.90 Å². The third-order valence-corrected chi connectivity index (χ3v) is 6.55. The average molecular weight is 374 g/mol. The van der Waals surface area contributed by atoms with Crippen molar-refractivity contribution >= 4 is 28.5 Å². The number of aliphatic imine (C=N–C) groups is 1. The van der Waals surface area contributed by atoms with Crippen LogP contribution in [0.15, 0.2) is 29.3 Å². The van der Waals surface area contributed by atoms with Crippen molar-refractivity contribution in [2.45, 2.75) is 71.0 Å². The van der Waals surface area contributed by atoms with Gasteiger partial charge in [0.25, 0.3) is 0 Å². The zero-order valence-electron chi connectivity index (χ0n) is 16.4. The van der Waals surface area contributed by atoms with Gasteiger partial charge in [0.05, 0.1) is 6.04 Å². The number of carbonyl (C=O) groups excluding carboxylic acids is 1. The van der Waals surface area contributed by atoms with Gasteiger partial charge in [0.1, 0.15) is 6.17 Å². The fourth-order valence-corrected chi connectivity index (χ4v) is 5.05. The van der Waals surface area contributed by atoms with E-state index in [9.17, 15) is 4.79 Å². The largest absolute Gasteiger partial charge is 0.333 e. The van der Waals surface area contributed by atoms with Gasteiger partial charge in [0, 0.05) is 25.4 Å². The van der Waals surface area contributed by atoms with Crippen LogP contribution in [-0.2, 0) is 4.79 Å². The van der Waals surface area contributed by atoms with Gasteiger partial charge in [-0.05, 0) is 36.5 Å². The third kappa shape index (κ3) is 4.25. The predicted molar refractivity (Wildman–Crippen MR) is 112 cm³/mol. The Morgan fingerprint density at radius 3 is 2.65 bits per heavy atom. The molecule has 0 spiro atoms. The Morgan fingerprint density at radius 2 is 2.00 bits per heavy atom. The lowest BCUT2D eigenvalue weighted by molar-refractivity contribution is -0.117. The molecule has 2 fully saturated rings. The molecule has 1 aliphatic carbocycles. The molecule has 1 aliphatic heterocycles. The van der Waals surface area contributed by atoms with Gasteiger partial charge in [-0.25, -0.2) is 0 Å². The molecule has 5 heteroatoms. The van der Waals surface area contributed by atoms with E-state index in [2.05, 4.69) is 44.0 Å². The molecule has 1 heterocycles. The van der Waals surface area contributed by atoms with E-state index in [0.29, 0.717) is 12.0 Å². The number of rotatable bonds is 4. The summed E-state index contributed by atoms with van der Waals surface area (Å²) in [6.07, 6.45) is 6.37. The van der Waals surface area contributed by atoms with Crippen molar-refractivity contribution in [3.8, 4) is 0 Å². The molecule has 1 aromatic carbocycles. The van der Waals surface area contributed by atoms with Gasteiger partial charge in [0.2, 0.25) is 5.91 Å². The quantitative estimate of drug-likeness (QED) is 0.756. The minimum absolute atomic E-state index is 0.0299. The number of hydrogen-bond donors (Lipinski definition) is 0. The summed E-state index contributed by atoms with van der Waals surface area (Å²) >= 11 is 1.79. The molecular formula is C21H31N3OS. The molecule has 1 aromatic rings. The van der Waals surface area contributed by atoms with Crippen LogP contribution in [0, 0.1) is 0 Å². The molecule has 3 rings (SSSR count). The maximum absolute atomic E-state index is 12.5. The Hall–Kier alpha value is -1.49. The summed E-state index contributed by atoms with van der Waals surface area (Å²) in [4.78, 5) is 21.6. The van der Waals surface area contributed by atoms with Crippen molar-refractivity contribution in [3.05, 3.63) is 29.8 Å². The highest BCUT2D eigenvalue weighted by atomic mass is 32.2. The molecule has 1 amide bonds. The van der Waals surface area contributed by atoms with E-state index in [1.807, 2.05) is 11.0 Å². The summed E-state index contributed by atoms with van der Waals surface area (Å²) in [6, 6.07) is 8.85. The van der Waals surface area contributed by atoms with Crippen LogP contribution in [0.25, 0.3) is 0 Å². The highest BCUT2D eigenvalue weighted by Crippen LogP contribution is 2.32. The first-order valence-electron chi connectivity index (χ1n) is 9.80. The van der Waals surface area contributed by atoms with E-state index in [1.165, 1.54) is 37.7 Å². The van der Waals surface area contributed by atoms with E-state index in [4.69, 9.17) is 4.99 Å². The van der Waals surface area contributed by atoms with Crippen molar-refractivity contribution in [2.75, 3.05) is 17.7 Å². The van der Waals surface area contributed by atoms with Gasteiger partial charge in [-0.15, -0.1) is 0 Å². The summed E-state index contributed by atoms with van der Waals surface area (Å²) < 4.78 is 0. The van der Waals surface area contributed by atoms with Crippen LogP contribution in [-0.4, -0.2) is 41.0 Å². The molecular weight excluding hydrogens is 342 g/mol. The number of anilines is 1. The molecule has 0 radical (unpaired) electrons. The van der Waals surface area contributed by atoms with Crippen molar-refractivity contribution in [1.29, 1.82) is 0 Å². The lowest BCUT2D eigenvalue weighted by atomic mass is 9.96. The number of amidine groups is 1. The highest BCUT2D eigenvalue weighted by Gasteiger charge is 2.35. The summed E-state index contributed by atoms with van der Waals surface area (Å²) in [7, 11) is 2.08. The smallest absolute Gasteiger partial charge is 0.225 e. The van der Waals surface area contributed by atoms with Gasteiger partial charge in [-0.3, -0.25) is 14.7 Å². The lowest BCUT2D eigenvalue weighted by Crippen LogP contribution is -2.48. The number of thioether (sulfide) groups is 1. The molecule has 142 valence electrons. The normalized spacial score (nSPS) is 23.0. The molecule has 1 unspecified atom stereocenters. The standard InChI is InChI=1S/C21H31N3OS/c1-15(2)17-9-8-12-19(13-17)24(16(3)25)20-14-26-21(23(20)4)22-18-10-6-5-7-11-18/h8-9,12-13,15,18,20H,5-7,10-11,14H2,1-4H3. The van der Waals surface area contributed by atoms with Gasteiger partial charge in [-0.1, -0.05) is 57.0 Å². The monoisotopic (exact) mass is 373 g/mol. The van der Waals surface area contributed by atoms with E-state index < -0.39 is 0 Å². The van der Waals surface area contributed by atoms with E-state index in [-0.39, 0.29) is 12.1 Å². The Morgan fingerprint density at radius 1 is 1.27 bits per heavy atom. The Kier molecular flexibility index (Phi) is 6.28. The first-order chi connectivity index (χ1) is 12.5. The van der Waals surface area contributed by atoms with Crippen molar-refractivity contribution < 1.29 is 4.79 Å². The minimum atomic E-state index is 0.0299. The van der Waals surface area contributed by atoms with Crippen LogP contribution in [0.3, 0.4) is 0 Å². The molecule has 1 saturated heterocycles. The molecule has 4 nitrogen and oxygen atoms in total. The topological polar surface area (TPSA) is 35.9 Å². The first kappa shape index (κ1) is 19.3. The van der Waals surface area contributed by atoms with Crippen molar-refractivity contribution in [2.24, 2.45) is 4.99 Å². The van der Waals surface area contributed by atoms with Crippen LogP contribution in [0.1, 0.15) is 64.4 Å². The maximum Gasteiger partial charge on any atom is 0.225 e. The second-order valence-electron chi connectivity index (χ2n) is 7.74. The van der Waals surface area contributed by atoms with Crippen molar-refractivity contribution in [3.63, 3.8) is 0 Å². The predicted octanol–water partition coefficient (Wildman–Crippen LogP) is 4.86. The first-order valence-corrected chi connectivity index (χ1v) is 10.8. The van der Waals surface area contributed by atoms with E-state index in [1.54, 1.807) is 18.7 Å². The van der Waals surface area contributed by atoms with Gasteiger partial charge < -0.3 is 4.90 Å². The van der Waals surface area contributed by atoms with E-state index >= 15 is 0 Å². The van der Waals surface area contributed by atoms with Crippen LogP contribution in [0.2, 0.25) is 0 Å². The lowest BCUT2D eigenvalue weighted by Gasteiger charge is -2.33. The molecule has 1 atom stereocenters. The Labute approximate surface area is 162 Å². The molecule has 0 aromatic heterocycles. The number of amides is 1. The fourth-order valence-electron chi connectivity index (χ4n) is 3.83. The van der Waals surface area contributed by atoms with Crippen LogP contribution in [0.4, 0.5) is 5.69 Å². The average Bonchev–Trinajstić information content (AvgIpc) is 2.97. The van der Waals surface area contributed by atoms with Gasteiger partial charge >= 0.3 is 0 Å². The second kappa shape index (κ2) is 8.47. The van der Waals surface area contributed by atoms with Crippen LogP contribution >= 0.6 is 11.8 Å². The van der Waals surface area contributed by atoms with Gasteiger partial charge in [0.15, 0.2) is 5.17 Å². The SMILES string of the molecule is CC(=O)N(c1cccc(C(C)C)c1)C1CSC(=NC2CCCCC2)N1C. The zero-order chi connectivity index (χ0) is 18.7. The zero-order valence-corrected chi connectivity index (χ0v) is 17.3. The molecule has 1 saturated carbocycles. The Bertz CT molecular complexity index is 667. The number of carbonyl (C=O) groups is 1. The summed E-state index contributed by atoms with van der Waals surface area (Å²) in [5.41, 5.74) is 2.25. The van der Waals surface area contributed by atoms with Gasteiger partial charge in [-0.2, -0.15) is 0 Å². The summed E-state index contributed by atoms with van der Waals surface area (Å²) in [5.74, 6) is 1.40. The number of hydrogen-bond acceptors (Lipinski definition) is 3. The number of benzene rings is 1. The molecule has 26 heavy (non-hydrogen) atoms. The number of nitrogens with zero attached hydrogens (tertiary/aromatic N) is 3. The van der Waals surface area contributed by atoms with Crippen LogP contribution in [0.5, 0.6) is 0 Å². The molecule has 0 bridgehead atoms. The molecule has 0 N–H and O–H groups in total. The minimum Gasteiger partial charge on any atom is -0.333 e. The molecule has 2 aliphatic rings. The Balaban J connectivity index is 1.82. The fraction of sp³-hybridized carbons (Fsp3) is 0.619. The van der Waals surface area contributed by atoms with E-state index in [0.717, 1.165) is 16.6 Å². The third-order valence-electron chi connectivity index (χ3n) is 5.43. The summed E-state index contributed by atoms with van der Waals surface area (Å²) in [6.45, 7) is 6.03. The van der Waals surface area contributed by atoms with Crippen LogP contribution < -0.4 is 4.90 Å². The highest BCUT2D eigenvalue weighted by molar-refractivity contribution is 8.14. The summed E-state index contributed by atoms with van der Waals surface area (Å²) in [5, 5.41) is 1.09.